The van der Waals surface area contributed by atoms with Crippen molar-refractivity contribution in [1.29, 1.82) is 0 Å². The summed E-state index contributed by atoms with van der Waals surface area (Å²) in [6, 6.07) is 0. The number of hydrogen-bond acceptors (Lipinski definition) is 1. The Bertz CT molecular complexity index is 209. The molecule has 1 amide bonds. The van der Waals surface area contributed by atoms with E-state index < -0.39 is 0 Å². The van der Waals surface area contributed by atoms with Gasteiger partial charge in [-0.2, -0.15) is 0 Å². The van der Waals surface area contributed by atoms with Crippen molar-refractivity contribution in [3.63, 3.8) is 0 Å². The second-order valence-electron chi connectivity index (χ2n) is 4.93. The van der Waals surface area contributed by atoms with Crippen molar-refractivity contribution in [2.45, 2.75) is 47.1 Å². The Kier molecular flexibility index (Phi) is 3.71. The number of carbonyl (C=O) groups is 1. The van der Waals surface area contributed by atoms with Crippen LogP contribution in [0.4, 0.5) is 0 Å². The fraction of sp³-hybridized carbons (Fsp3) is 0.727. The molecular weight excluding hydrogens is 162 g/mol. The average Bonchev–Trinajstić information content (AvgIpc) is 1.83. The molecule has 0 unspecified atom stereocenters. The van der Waals surface area contributed by atoms with Gasteiger partial charge in [-0.25, -0.2) is 0 Å². The SMILES string of the molecule is C/C=C/C(C)(C)NC(=O)C(C)(C)C. The molecule has 0 aromatic carbocycles. The topological polar surface area (TPSA) is 29.1 Å². The zero-order chi connectivity index (χ0) is 10.7. The van der Waals surface area contributed by atoms with Crippen molar-refractivity contribution < 1.29 is 4.79 Å². The summed E-state index contributed by atoms with van der Waals surface area (Å²) in [5, 5.41) is 2.97. The quantitative estimate of drug-likeness (QED) is 0.655. The maximum atomic E-state index is 11.6. The van der Waals surface area contributed by atoms with E-state index in [1.807, 2.05) is 53.7 Å². The monoisotopic (exact) mass is 183 g/mol. The molecule has 0 aromatic heterocycles. The molecule has 0 radical (unpaired) electrons. The Morgan fingerprint density at radius 2 is 1.62 bits per heavy atom. The van der Waals surface area contributed by atoms with Crippen LogP contribution in [0, 0.1) is 5.41 Å². The van der Waals surface area contributed by atoms with Gasteiger partial charge in [0.15, 0.2) is 0 Å². The summed E-state index contributed by atoms with van der Waals surface area (Å²) in [4.78, 5) is 11.6. The lowest BCUT2D eigenvalue weighted by Crippen LogP contribution is -2.46. The molecule has 0 bridgehead atoms. The van der Waals surface area contributed by atoms with E-state index in [0.717, 1.165) is 0 Å². The molecular formula is C11H21NO. The number of carbonyl (C=O) groups excluding carboxylic acids is 1. The van der Waals surface area contributed by atoms with Crippen molar-refractivity contribution in [2.24, 2.45) is 5.41 Å². The second-order valence-corrected chi connectivity index (χ2v) is 4.93. The lowest BCUT2D eigenvalue weighted by atomic mass is 9.93. The highest BCUT2D eigenvalue weighted by atomic mass is 16.2. The van der Waals surface area contributed by atoms with Gasteiger partial charge in [0.2, 0.25) is 5.91 Å². The molecule has 2 heteroatoms. The summed E-state index contributed by atoms with van der Waals surface area (Å²) in [6.07, 6.45) is 3.93. The molecule has 0 aliphatic heterocycles. The molecule has 0 aromatic rings. The number of nitrogens with one attached hydrogen (secondary N) is 1. The van der Waals surface area contributed by atoms with Crippen LogP contribution >= 0.6 is 0 Å². The zero-order valence-corrected chi connectivity index (χ0v) is 9.56. The van der Waals surface area contributed by atoms with Crippen molar-refractivity contribution in [2.75, 3.05) is 0 Å². The van der Waals surface area contributed by atoms with E-state index in [9.17, 15) is 4.79 Å². The fourth-order valence-corrected chi connectivity index (χ4v) is 0.938. The van der Waals surface area contributed by atoms with Gasteiger partial charge in [0.1, 0.15) is 0 Å². The maximum absolute atomic E-state index is 11.6. The number of rotatable bonds is 2. The van der Waals surface area contributed by atoms with Gasteiger partial charge in [0.25, 0.3) is 0 Å². The summed E-state index contributed by atoms with van der Waals surface area (Å²) in [5.41, 5.74) is -0.571. The highest BCUT2D eigenvalue weighted by molar-refractivity contribution is 5.82. The highest BCUT2D eigenvalue weighted by Gasteiger charge is 2.25. The van der Waals surface area contributed by atoms with Crippen molar-refractivity contribution in [3.8, 4) is 0 Å². The largest absolute Gasteiger partial charge is 0.347 e. The third-order valence-corrected chi connectivity index (χ3v) is 1.70. The molecule has 13 heavy (non-hydrogen) atoms. The molecule has 0 rings (SSSR count). The molecule has 0 spiro atoms. The predicted molar refractivity (Wildman–Crippen MR) is 56.5 cm³/mol. The molecule has 2 nitrogen and oxygen atoms in total. The summed E-state index contributed by atoms with van der Waals surface area (Å²) >= 11 is 0. The van der Waals surface area contributed by atoms with E-state index in [2.05, 4.69) is 5.32 Å². The molecule has 0 aliphatic rings. The first-order valence-corrected chi connectivity index (χ1v) is 4.65. The zero-order valence-electron chi connectivity index (χ0n) is 9.56. The van der Waals surface area contributed by atoms with Crippen molar-refractivity contribution in [1.82, 2.24) is 5.32 Å². The lowest BCUT2D eigenvalue weighted by Gasteiger charge is -2.27. The minimum absolute atomic E-state index is 0.0793. The Morgan fingerprint density at radius 1 is 1.15 bits per heavy atom. The van der Waals surface area contributed by atoms with Crippen LogP contribution in [-0.2, 0) is 4.79 Å². The molecule has 76 valence electrons. The van der Waals surface area contributed by atoms with Crippen LogP contribution in [0.1, 0.15) is 41.5 Å². The minimum atomic E-state index is -0.321. The first-order valence-electron chi connectivity index (χ1n) is 4.65. The van der Waals surface area contributed by atoms with Crippen LogP contribution < -0.4 is 5.32 Å². The van der Waals surface area contributed by atoms with E-state index in [4.69, 9.17) is 0 Å². The Balaban J connectivity index is 4.37. The van der Waals surface area contributed by atoms with E-state index in [0.29, 0.717) is 0 Å². The number of amides is 1. The van der Waals surface area contributed by atoms with Crippen LogP contribution in [0.25, 0.3) is 0 Å². The molecule has 1 N–H and O–H groups in total. The fourth-order valence-electron chi connectivity index (χ4n) is 0.938. The molecule has 0 fully saturated rings. The van der Waals surface area contributed by atoms with Gasteiger partial charge in [-0.3, -0.25) is 4.79 Å². The summed E-state index contributed by atoms with van der Waals surface area (Å²) in [5.74, 6) is 0.0793. The average molecular weight is 183 g/mol. The van der Waals surface area contributed by atoms with Gasteiger partial charge in [-0.05, 0) is 20.8 Å². The molecule has 0 saturated carbocycles. The Hall–Kier alpha value is -0.790. The summed E-state index contributed by atoms with van der Waals surface area (Å²) in [7, 11) is 0. The summed E-state index contributed by atoms with van der Waals surface area (Å²) in [6.45, 7) is 11.6. The van der Waals surface area contributed by atoms with Crippen molar-refractivity contribution in [3.05, 3.63) is 12.2 Å². The van der Waals surface area contributed by atoms with E-state index in [1.165, 1.54) is 0 Å². The Morgan fingerprint density at radius 3 is 1.92 bits per heavy atom. The Labute approximate surface area is 81.4 Å². The highest BCUT2D eigenvalue weighted by Crippen LogP contribution is 2.15. The van der Waals surface area contributed by atoms with Gasteiger partial charge in [-0.1, -0.05) is 32.9 Å². The minimum Gasteiger partial charge on any atom is -0.347 e. The van der Waals surface area contributed by atoms with Gasteiger partial charge < -0.3 is 5.32 Å². The standard InChI is InChI=1S/C11H21NO/c1-7-8-11(5,6)12-9(13)10(2,3)4/h7-8H,1-6H3,(H,12,13)/b8-7+. The van der Waals surface area contributed by atoms with Crippen molar-refractivity contribution >= 4 is 5.91 Å². The van der Waals surface area contributed by atoms with E-state index in [-0.39, 0.29) is 16.9 Å². The van der Waals surface area contributed by atoms with Crippen LogP contribution in [-0.4, -0.2) is 11.4 Å². The maximum Gasteiger partial charge on any atom is 0.226 e. The van der Waals surface area contributed by atoms with E-state index in [1.54, 1.807) is 0 Å². The smallest absolute Gasteiger partial charge is 0.226 e. The predicted octanol–water partition coefficient (Wildman–Crippen LogP) is 2.50. The van der Waals surface area contributed by atoms with Gasteiger partial charge in [0.05, 0.1) is 5.54 Å². The van der Waals surface area contributed by atoms with Crippen LogP contribution in [0.3, 0.4) is 0 Å². The third-order valence-electron chi connectivity index (χ3n) is 1.70. The van der Waals surface area contributed by atoms with Crippen LogP contribution in [0.2, 0.25) is 0 Å². The molecule has 0 atom stereocenters. The van der Waals surface area contributed by atoms with Gasteiger partial charge in [0, 0.05) is 5.41 Å². The van der Waals surface area contributed by atoms with Gasteiger partial charge >= 0.3 is 0 Å². The van der Waals surface area contributed by atoms with Crippen LogP contribution in [0.15, 0.2) is 12.2 Å². The molecule has 0 saturated heterocycles. The van der Waals surface area contributed by atoms with Gasteiger partial charge in [-0.15, -0.1) is 0 Å². The number of allylic oxidation sites excluding steroid dienone is 1. The normalized spacial score (nSPS) is 13.4. The van der Waals surface area contributed by atoms with E-state index >= 15 is 0 Å². The summed E-state index contributed by atoms with van der Waals surface area (Å²) < 4.78 is 0. The third kappa shape index (κ3) is 4.71. The molecule has 0 aliphatic carbocycles. The van der Waals surface area contributed by atoms with Crippen LogP contribution in [0.5, 0.6) is 0 Å². The first kappa shape index (κ1) is 12.2. The first-order chi connectivity index (χ1) is 5.69. The number of hydrogen-bond donors (Lipinski definition) is 1. The second kappa shape index (κ2) is 3.95. The lowest BCUT2D eigenvalue weighted by molar-refractivity contribution is -0.129. The molecule has 0 heterocycles.